The fourth-order valence-electron chi connectivity index (χ4n) is 4.94. The second-order valence-electron chi connectivity index (χ2n) is 10.5. The highest BCUT2D eigenvalue weighted by Crippen LogP contribution is 2.49. The minimum absolute atomic E-state index is 0.0806. The SMILES string of the molecule is CCC1(c2c(I)c(Cl)c3cnc(N[C@@H]4CCN(C(=O)OC(C)(C)C)C[C@H]4OC(C)=O)nn23)CCC1. The number of anilines is 1. The van der Waals surface area contributed by atoms with Gasteiger partial charge in [0.05, 0.1) is 33.1 Å². The highest BCUT2D eigenvalue weighted by atomic mass is 127. The van der Waals surface area contributed by atoms with Crippen LogP contribution in [-0.2, 0) is 19.7 Å². The molecule has 4 rings (SSSR count). The van der Waals surface area contributed by atoms with Crippen LogP contribution in [0.25, 0.3) is 5.52 Å². The van der Waals surface area contributed by atoms with E-state index in [-0.39, 0.29) is 18.0 Å². The highest BCUT2D eigenvalue weighted by Gasteiger charge is 2.42. The van der Waals surface area contributed by atoms with E-state index in [1.165, 1.54) is 13.3 Å². The van der Waals surface area contributed by atoms with Crippen molar-refractivity contribution < 1.29 is 19.1 Å². The van der Waals surface area contributed by atoms with Crippen LogP contribution < -0.4 is 5.32 Å². The van der Waals surface area contributed by atoms with E-state index >= 15 is 0 Å². The molecule has 3 heterocycles. The van der Waals surface area contributed by atoms with Gasteiger partial charge in [-0.1, -0.05) is 24.9 Å². The number of likely N-dealkylation sites (tertiary alicyclic amines) is 1. The lowest BCUT2D eigenvalue weighted by molar-refractivity contribution is -0.149. The summed E-state index contributed by atoms with van der Waals surface area (Å²) in [6, 6.07) is -0.257. The number of rotatable bonds is 5. The molecule has 1 saturated heterocycles. The second kappa shape index (κ2) is 9.91. The Morgan fingerprint density at radius 1 is 1.34 bits per heavy atom. The molecule has 1 amide bonds. The molecule has 0 radical (unpaired) electrons. The van der Waals surface area contributed by atoms with E-state index in [4.69, 9.17) is 26.2 Å². The average Bonchev–Trinajstić information content (AvgIpc) is 2.98. The first-order chi connectivity index (χ1) is 16.4. The number of nitrogens with one attached hydrogen (secondary N) is 1. The van der Waals surface area contributed by atoms with Gasteiger partial charge in [-0.3, -0.25) is 4.79 Å². The van der Waals surface area contributed by atoms with Gasteiger partial charge in [-0.15, -0.1) is 5.10 Å². The van der Waals surface area contributed by atoms with Crippen molar-refractivity contribution >= 4 is 57.7 Å². The third kappa shape index (κ3) is 5.33. The van der Waals surface area contributed by atoms with Crippen molar-refractivity contribution in [1.29, 1.82) is 0 Å². The van der Waals surface area contributed by atoms with Crippen molar-refractivity contribution in [3.05, 3.63) is 20.5 Å². The predicted octanol–water partition coefficient (Wildman–Crippen LogP) is 5.17. The maximum atomic E-state index is 12.6. The summed E-state index contributed by atoms with van der Waals surface area (Å²) in [6.07, 6.45) is 5.77. The Kier molecular flexibility index (Phi) is 7.43. The van der Waals surface area contributed by atoms with Crippen LogP contribution in [0, 0.1) is 3.57 Å². The summed E-state index contributed by atoms with van der Waals surface area (Å²) in [5.41, 5.74) is 1.41. The number of hydrogen-bond acceptors (Lipinski definition) is 7. The van der Waals surface area contributed by atoms with Gasteiger partial charge in [0, 0.05) is 18.9 Å². The highest BCUT2D eigenvalue weighted by molar-refractivity contribution is 14.1. The lowest BCUT2D eigenvalue weighted by Crippen LogP contribution is -2.54. The van der Waals surface area contributed by atoms with Crippen LogP contribution in [0.5, 0.6) is 0 Å². The maximum Gasteiger partial charge on any atom is 0.410 e. The predicted molar refractivity (Wildman–Crippen MR) is 142 cm³/mol. The Hall–Kier alpha value is -1.82. The van der Waals surface area contributed by atoms with Crippen LogP contribution in [0.3, 0.4) is 0 Å². The number of halogens is 2. The van der Waals surface area contributed by atoms with Crippen molar-refractivity contribution in [3.63, 3.8) is 0 Å². The number of esters is 1. The van der Waals surface area contributed by atoms with E-state index in [1.54, 1.807) is 11.1 Å². The van der Waals surface area contributed by atoms with Gasteiger partial charge in [0.15, 0.2) is 0 Å². The third-order valence-corrected chi connectivity index (χ3v) is 8.65. The average molecular weight is 618 g/mol. The van der Waals surface area contributed by atoms with Crippen molar-refractivity contribution in [2.45, 2.75) is 89.9 Å². The largest absolute Gasteiger partial charge is 0.458 e. The zero-order valence-electron chi connectivity index (χ0n) is 20.9. The molecule has 0 unspecified atom stereocenters. The summed E-state index contributed by atoms with van der Waals surface area (Å²) in [5, 5.41) is 8.85. The van der Waals surface area contributed by atoms with Gasteiger partial charge in [0.2, 0.25) is 5.95 Å². The number of fused-ring (bicyclic) bond motifs is 1. The molecular formula is C24H33ClIN5O4. The molecule has 0 aromatic carbocycles. The lowest BCUT2D eigenvalue weighted by Gasteiger charge is -2.41. The van der Waals surface area contributed by atoms with Gasteiger partial charge in [-0.2, -0.15) is 0 Å². The Morgan fingerprint density at radius 2 is 2.06 bits per heavy atom. The van der Waals surface area contributed by atoms with Crippen LogP contribution >= 0.6 is 34.2 Å². The molecule has 192 valence electrons. The van der Waals surface area contributed by atoms with Crippen LogP contribution in [0.15, 0.2) is 6.20 Å². The van der Waals surface area contributed by atoms with Crippen LogP contribution in [0.4, 0.5) is 10.7 Å². The third-order valence-electron chi connectivity index (χ3n) is 6.90. The van der Waals surface area contributed by atoms with Gasteiger partial charge < -0.3 is 19.7 Å². The zero-order valence-corrected chi connectivity index (χ0v) is 23.8. The normalized spacial score (nSPS) is 22.0. The van der Waals surface area contributed by atoms with Gasteiger partial charge in [-0.25, -0.2) is 14.3 Å². The number of aromatic nitrogens is 3. The van der Waals surface area contributed by atoms with E-state index in [0.717, 1.165) is 34.0 Å². The molecule has 1 aliphatic carbocycles. The first-order valence-corrected chi connectivity index (χ1v) is 13.5. The standard InChI is InChI=1S/C24H33ClIN5O4/c1-6-24(9-7-10-24)20-19(26)18(25)16-12-27-21(29-31(16)20)28-15-8-11-30(13-17(15)34-14(2)32)22(33)35-23(3,4)5/h12,15,17H,6-11,13H2,1-5H3,(H,28,29)/t15-,17-/m1/s1. The fraction of sp³-hybridized carbons (Fsp3) is 0.667. The molecule has 2 aromatic rings. The molecule has 1 saturated carbocycles. The number of carbonyl (C=O) groups is 2. The number of hydrogen-bond donors (Lipinski definition) is 1. The quantitative estimate of drug-likeness (QED) is 0.365. The molecule has 2 atom stereocenters. The molecule has 11 heteroatoms. The summed E-state index contributed by atoms with van der Waals surface area (Å²) in [7, 11) is 0. The van der Waals surface area contributed by atoms with Gasteiger partial charge >= 0.3 is 12.1 Å². The Labute approximate surface area is 224 Å². The van der Waals surface area contributed by atoms with Crippen molar-refractivity contribution in [1.82, 2.24) is 19.5 Å². The first kappa shape index (κ1) is 26.2. The molecule has 35 heavy (non-hydrogen) atoms. The maximum absolute atomic E-state index is 12.6. The van der Waals surface area contributed by atoms with E-state index in [9.17, 15) is 9.59 Å². The monoisotopic (exact) mass is 617 g/mol. The zero-order chi connectivity index (χ0) is 25.5. The number of nitrogens with zero attached hydrogens (tertiary/aromatic N) is 4. The number of amides is 1. The summed E-state index contributed by atoms with van der Waals surface area (Å²) in [4.78, 5) is 30.5. The minimum Gasteiger partial charge on any atom is -0.458 e. The van der Waals surface area contributed by atoms with Crippen LogP contribution in [0.1, 0.15) is 72.4 Å². The van der Waals surface area contributed by atoms with Gasteiger partial charge in [0.25, 0.3) is 0 Å². The smallest absolute Gasteiger partial charge is 0.410 e. The Balaban J connectivity index is 1.59. The summed E-state index contributed by atoms with van der Waals surface area (Å²) in [6.45, 7) is 9.74. The number of carbonyl (C=O) groups excluding carboxylic acids is 2. The topological polar surface area (TPSA) is 98.1 Å². The molecule has 2 fully saturated rings. The molecule has 0 bridgehead atoms. The van der Waals surface area contributed by atoms with Crippen LogP contribution in [-0.4, -0.2) is 62.4 Å². The Bertz CT molecular complexity index is 1120. The molecule has 1 aliphatic heterocycles. The summed E-state index contributed by atoms with van der Waals surface area (Å²) in [5.74, 6) is 0.0216. The summed E-state index contributed by atoms with van der Waals surface area (Å²) >= 11 is 8.99. The lowest BCUT2D eigenvalue weighted by atomic mass is 9.65. The number of ether oxygens (including phenoxy) is 2. The summed E-state index contributed by atoms with van der Waals surface area (Å²) < 4.78 is 14.0. The van der Waals surface area contributed by atoms with Crippen molar-refractivity contribution in [2.24, 2.45) is 0 Å². The molecular weight excluding hydrogens is 585 g/mol. The Morgan fingerprint density at radius 3 is 2.63 bits per heavy atom. The molecule has 0 spiro atoms. The first-order valence-electron chi connectivity index (χ1n) is 12.1. The molecule has 2 aliphatic rings. The molecule has 9 nitrogen and oxygen atoms in total. The molecule has 2 aromatic heterocycles. The van der Waals surface area contributed by atoms with E-state index in [1.807, 2.05) is 25.3 Å². The van der Waals surface area contributed by atoms with Gasteiger partial charge in [0.1, 0.15) is 17.2 Å². The van der Waals surface area contributed by atoms with E-state index in [2.05, 4.69) is 39.8 Å². The number of piperidine rings is 1. The van der Waals surface area contributed by atoms with Gasteiger partial charge in [-0.05, 0) is 69.0 Å². The van der Waals surface area contributed by atoms with Crippen LogP contribution in [0.2, 0.25) is 5.02 Å². The van der Waals surface area contributed by atoms with E-state index in [0.29, 0.717) is 23.9 Å². The molecule has 1 N–H and O–H groups in total. The fourth-order valence-corrected chi connectivity index (χ4v) is 6.23. The van der Waals surface area contributed by atoms with Crippen molar-refractivity contribution in [2.75, 3.05) is 18.4 Å². The second-order valence-corrected chi connectivity index (χ2v) is 11.9. The van der Waals surface area contributed by atoms with Crippen molar-refractivity contribution in [3.8, 4) is 0 Å². The van der Waals surface area contributed by atoms with E-state index < -0.39 is 23.8 Å². The minimum atomic E-state index is -0.601.